The van der Waals surface area contributed by atoms with Gasteiger partial charge in [0.15, 0.2) is 0 Å². The van der Waals surface area contributed by atoms with Crippen molar-refractivity contribution < 1.29 is 18.3 Å². The van der Waals surface area contributed by atoms with E-state index in [1.54, 1.807) is 13.8 Å². The Morgan fingerprint density at radius 3 is 2.53 bits per heavy atom. The highest BCUT2D eigenvalue weighted by Crippen LogP contribution is 2.25. The first kappa shape index (κ1) is 15.7. The molecule has 0 spiro atoms. The molecule has 0 aliphatic rings. The molecule has 0 aliphatic heterocycles. The fourth-order valence-corrected chi connectivity index (χ4v) is 2.98. The monoisotopic (exact) mass is 288 g/mol. The first-order valence-corrected chi connectivity index (χ1v) is 7.34. The first-order chi connectivity index (χ1) is 8.78. The summed E-state index contributed by atoms with van der Waals surface area (Å²) in [6, 6.07) is 4.23. The molecule has 1 rings (SSSR count). The lowest BCUT2D eigenvalue weighted by atomic mass is 10.0. The molecule has 0 heterocycles. The lowest BCUT2D eigenvalue weighted by Crippen LogP contribution is -2.48. The molecule has 1 atom stereocenters. The molecular formula is C12H20N2O4S. The van der Waals surface area contributed by atoms with Gasteiger partial charge >= 0.3 is 0 Å². The van der Waals surface area contributed by atoms with E-state index in [0.29, 0.717) is 12.2 Å². The van der Waals surface area contributed by atoms with Crippen LogP contribution in [0.5, 0.6) is 5.75 Å². The van der Waals surface area contributed by atoms with E-state index in [1.165, 1.54) is 25.3 Å². The Bertz CT molecular complexity index is 539. The van der Waals surface area contributed by atoms with Gasteiger partial charge in [0.2, 0.25) is 10.0 Å². The zero-order valence-electron chi connectivity index (χ0n) is 11.3. The number of rotatable bonds is 6. The number of nitrogen functional groups attached to an aromatic ring is 1. The van der Waals surface area contributed by atoms with E-state index < -0.39 is 15.6 Å². The maximum absolute atomic E-state index is 12.2. The number of aliphatic hydroxyl groups is 1. The van der Waals surface area contributed by atoms with Gasteiger partial charge < -0.3 is 15.6 Å². The van der Waals surface area contributed by atoms with Crippen LogP contribution in [0.15, 0.2) is 23.1 Å². The van der Waals surface area contributed by atoms with Crippen LogP contribution in [0.25, 0.3) is 0 Å². The highest BCUT2D eigenvalue weighted by Gasteiger charge is 2.28. The Morgan fingerprint density at radius 1 is 1.47 bits per heavy atom. The number of ether oxygens (including phenoxy) is 1. The molecule has 0 saturated carbocycles. The van der Waals surface area contributed by atoms with E-state index in [0.717, 1.165) is 0 Å². The molecule has 0 fully saturated rings. The molecule has 1 aromatic carbocycles. The molecule has 1 aromatic rings. The average molecular weight is 288 g/mol. The van der Waals surface area contributed by atoms with Crippen LogP contribution in [0.2, 0.25) is 0 Å². The molecule has 1 unspecified atom stereocenters. The molecule has 0 radical (unpaired) electrons. The van der Waals surface area contributed by atoms with E-state index in [9.17, 15) is 13.5 Å². The summed E-state index contributed by atoms with van der Waals surface area (Å²) in [5.41, 5.74) is 5.04. The molecule has 0 aliphatic carbocycles. The van der Waals surface area contributed by atoms with Gasteiger partial charge in [0.25, 0.3) is 0 Å². The van der Waals surface area contributed by atoms with Gasteiger partial charge in [-0.25, -0.2) is 13.1 Å². The van der Waals surface area contributed by atoms with Crippen LogP contribution < -0.4 is 15.2 Å². The summed E-state index contributed by atoms with van der Waals surface area (Å²) >= 11 is 0. The minimum Gasteiger partial charge on any atom is -0.495 e. The van der Waals surface area contributed by atoms with Crippen LogP contribution in [0, 0.1) is 0 Å². The van der Waals surface area contributed by atoms with Crippen molar-refractivity contribution in [1.29, 1.82) is 0 Å². The van der Waals surface area contributed by atoms with Crippen molar-refractivity contribution in [2.24, 2.45) is 0 Å². The third-order valence-corrected chi connectivity index (χ3v) is 4.66. The van der Waals surface area contributed by atoms with Crippen LogP contribution in [0.3, 0.4) is 0 Å². The van der Waals surface area contributed by atoms with Gasteiger partial charge in [-0.1, -0.05) is 6.92 Å². The van der Waals surface area contributed by atoms with E-state index in [-0.39, 0.29) is 17.2 Å². The number of aliphatic hydroxyl groups excluding tert-OH is 1. The number of methoxy groups -OCH3 is 1. The third-order valence-electron chi connectivity index (χ3n) is 3.02. The minimum absolute atomic E-state index is 0.0407. The van der Waals surface area contributed by atoms with Crippen LogP contribution in [0.4, 0.5) is 5.69 Å². The standard InChI is InChI=1S/C12H20N2O4S/c1-4-12(2,8-15)14-19(16,17)9-5-6-11(18-3)10(13)7-9/h5-7,14-15H,4,8,13H2,1-3H3. The van der Waals surface area contributed by atoms with Crippen molar-refractivity contribution in [2.45, 2.75) is 30.7 Å². The van der Waals surface area contributed by atoms with Crippen molar-refractivity contribution >= 4 is 15.7 Å². The summed E-state index contributed by atoms with van der Waals surface area (Å²) in [5, 5.41) is 9.26. The molecule has 108 valence electrons. The molecule has 4 N–H and O–H groups in total. The first-order valence-electron chi connectivity index (χ1n) is 5.86. The van der Waals surface area contributed by atoms with Gasteiger partial charge in [-0.2, -0.15) is 0 Å². The van der Waals surface area contributed by atoms with Crippen molar-refractivity contribution in [2.75, 3.05) is 19.5 Å². The lowest BCUT2D eigenvalue weighted by molar-refractivity contribution is 0.191. The van der Waals surface area contributed by atoms with E-state index >= 15 is 0 Å². The Kier molecular flexibility index (Phi) is 4.78. The van der Waals surface area contributed by atoms with Crippen LogP contribution in [0.1, 0.15) is 20.3 Å². The molecule has 0 aromatic heterocycles. The van der Waals surface area contributed by atoms with Gasteiger partial charge in [0, 0.05) is 0 Å². The van der Waals surface area contributed by atoms with Gasteiger partial charge in [-0.05, 0) is 31.5 Å². The van der Waals surface area contributed by atoms with Gasteiger partial charge in [-0.15, -0.1) is 0 Å². The number of benzene rings is 1. The second-order valence-corrected chi connectivity index (χ2v) is 6.26. The highest BCUT2D eigenvalue weighted by atomic mass is 32.2. The summed E-state index contributed by atoms with van der Waals surface area (Å²) in [6.07, 6.45) is 0.467. The van der Waals surface area contributed by atoms with Gasteiger partial charge in [0.1, 0.15) is 5.75 Å². The Balaban J connectivity index is 3.11. The van der Waals surface area contributed by atoms with E-state index in [1.807, 2.05) is 0 Å². The van der Waals surface area contributed by atoms with Crippen molar-refractivity contribution in [3.8, 4) is 5.75 Å². The van der Waals surface area contributed by atoms with Crippen molar-refractivity contribution in [3.05, 3.63) is 18.2 Å². The number of anilines is 1. The number of nitrogens with two attached hydrogens (primary N) is 1. The highest BCUT2D eigenvalue weighted by molar-refractivity contribution is 7.89. The lowest BCUT2D eigenvalue weighted by Gasteiger charge is -2.26. The average Bonchev–Trinajstić information content (AvgIpc) is 2.38. The summed E-state index contributed by atoms with van der Waals surface area (Å²) in [7, 11) is -2.28. The second-order valence-electron chi connectivity index (χ2n) is 4.58. The largest absolute Gasteiger partial charge is 0.495 e. The number of nitrogens with one attached hydrogen (secondary N) is 1. The Labute approximate surface area is 113 Å². The topological polar surface area (TPSA) is 102 Å². The molecular weight excluding hydrogens is 268 g/mol. The Morgan fingerprint density at radius 2 is 2.11 bits per heavy atom. The van der Waals surface area contributed by atoms with Gasteiger partial charge in [0.05, 0.1) is 29.8 Å². The summed E-state index contributed by atoms with van der Waals surface area (Å²) in [5.74, 6) is 0.416. The van der Waals surface area contributed by atoms with E-state index in [2.05, 4.69) is 4.72 Å². The van der Waals surface area contributed by atoms with E-state index in [4.69, 9.17) is 10.5 Å². The predicted octanol–water partition coefficient (Wildman–Crippen LogP) is 0.717. The zero-order valence-corrected chi connectivity index (χ0v) is 12.1. The van der Waals surface area contributed by atoms with Crippen LogP contribution in [-0.2, 0) is 10.0 Å². The molecule has 19 heavy (non-hydrogen) atoms. The number of sulfonamides is 1. The summed E-state index contributed by atoms with van der Waals surface area (Å²) < 4.78 is 31.8. The molecule has 6 nitrogen and oxygen atoms in total. The normalized spacial score (nSPS) is 14.9. The fraction of sp³-hybridized carbons (Fsp3) is 0.500. The minimum atomic E-state index is -3.74. The zero-order chi connectivity index (χ0) is 14.7. The quantitative estimate of drug-likeness (QED) is 0.669. The maximum Gasteiger partial charge on any atom is 0.241 e. The van der Waals surface area contributed by atoms with Crippen molar-refractivity contribution in [3.63, 3.8) is 0 Å². The number of hydrogen-bond acceptors (Lipinski definition) is 5. The summed E-state index contributed by atoms with van der Waals surface area (Å²) in [6.45, 7) is 3.15. The Hall–Kier alpha value is -1.31. The smallest absolute Gasteiger partial charge is 0.241 e. The predicted molar refractivity (Wildman–Crippen MR) is 73.5 cm³/mol. The molecule has 0 amide bonds. The molecule has 7 heteroatoms. The third kappa shape index (κ3) is 3.59. The number of hydrogen-bond donors (Lipinski definition) is 3. The SMILES string of the molecule is CCC(C)(CO)NS(=O)(=O)c1ccc(OC)c(N)c1. The molecule has 0 bridgehead atoms. The maximum atomic E-state index is 12.2. The molecule has 0 saturated heterocycles. The second kappa shape index (κ2) is 5.77. The van der Waals surface area contributed by atoms with Gasteiger partial charge in [-0.3, -0.25) is 0 Å². The van der Waals surface area contributed by atoms with Crippen molar-refractivity contribution in [1.82, 2.24) is 4.72 Å². The fourth-order valence-electron chi connectivity index (χ4n) is 1.48. The van der Waals surface area contributed by atoms with Crippen LogP contribution >= 0.6 is 0 Å². The van der Waals surface area contributed by atoms with Crippen LogP contribution in [-0.4, -0.2) is 32.8 Å². The summed E-state index contributed by atoms with van der Waals surface area (Å²) in [4.78, 5) is 0.0407.